The monoisotopic (exact) mass is 365 g/mol. The zero-order chi connectivity index (χ0) is 19.1. The Bertz CT molecular complexity index is 1280. The van der Waals surface area contributed by atoms with E-state index in [4.69, 9.17) is 4.42 Å². The lowest BCUT2D eigenvalue weighted by Crippen LogP contribution is -2.02. The van der Waals surface area contributed by atoms with Crippen LogP contribution < -0.4 is 0 Å². The van der Waals surface area contributed by atoms with Gasteiger partial charge in [-0.3, -0.25) is 4.57 Å². The van der Waals surface area contributed by atoms with Gasteiger partial charge in [-0.1, -0.05) is 54.6 Å². The van der Waals surface area contributed by atoms with Crippen LogP contribution in [0.2, 0.25) is 0 Å². The number of rotatable bonds is 3. The van der Waals surface area contributed by atoms with Gasteiger partial charge in [0.1, 0.15) is 11.3 Å². The van der Waals surface area contributed by atoms with Crippen molar-refractivity contribution in [1.82, 2.24) is 14.5 Å². The van der Waals surface area contributed by atoms with Crippen molar-refractivity contribution in [2.24, 2.45) is 0 Å². The van der Waals surface area contributed by atoms with Crippen molar-refractivity contribution in [2.45, 2.75) is 13.8 Å². The molecule has 0 spiro atoms. The van der Waals surface area contributed by atoms with Gasteiger partial charge in [-0.25, -0.2) is 9.97 Å². The van der Waals surface area contributed by atoms with Crippen molar-refractivity contribution in [3.8, 4) is 28.2 Å². The van der Waals surface area contributed by atoms with E-state index in [2.05, 4.69) is 63.9 Å². The average Bonchev–Trinajstić information content (AvgIpc) is 3.34. The van der Waals surface area contributed by atoms with Crippen molar-refractivity contribution in [3.05, 3.63) is 90.6 Å². The van der Waals surface area contributed by atoms with Crippen molar-refractivity contribution >= 4 is 11.1 Å². The summed E-state index contributed by atoms with van der Waals surface area (Å²) in [7, 11) is 0. The van der Waals surface area contributed by atoms with Crippen LogP contribution in [0.4, 0.5) is 0 Å². The molecule has 0 saturated carbocycles. The first kappa shape index (κ1) is 16.5. The molecule has 3 aromatic carbocycles. The lowest BCUT2D eigenvalue weighted by molar-refractivity contribution is 0.561. The molecule has 2 heterocycles. The molecule has 0 fully saturated rings. The highest BCUT2D eigenvalue weighted by atomic mass is 16.3. The van der Waals surface area contributed by atoms with Gasteiger partial charge in [0.25, 0.3) is 0 Å². The number of hydrogen-bond acceptors (Lipinski definition) is 3. The van der Waals surface area contributed by atoms with Gasteiger partial charge in [0.05, 0.1) is 5.69 Å². The van der Waals surface area contributed by atoms with Crippen LogP contribution in [-0.4, -0.2) is 14.5 Å². The van der Waals surface area contributed by atoms with Crippen LogP contribution in [0.1, 0.15) is 11.5 Å². The molecule has 0 aliphatic heterocycles. The fourth-order valence-corrected chi connectivity index (χ4v) is 3.75. The topological polar surface area (TPSA) is 43.9 Å². The predicted octanol–water partition coefficient (Wildman–Crippen LogP) is 5.96. The number of hydrogen-bond donors (Lipinski definition) is 0. The van der Waals surface area contributed by atoms with Gasteiger partial charge in [-0.15, -0.1) is 0 Å². The zero-order valence-electron chi connectivity index (χ0n) is 15.8. The molecule has 0 aliphatic carbocycles. The number of imidazole rings is 1. The second kappa shape index (κ2) is 6.50. The first-order chi connectivity index (χ1) is 13.7. The van der Waals surface area contributed by atoms with E-state index in [0.717, 1.165) is 28.2 Å². The number of fused-ring (bicyclic) bond motifs is 1. The van der Waals surface area contributed by atoms with Gasteiger partial charge in [0.2, 0.25) is 0 Å². The molecule has 0 amide bonds. The van der Waals surface area contributed by atoms with Gasteiger partial charge in [-0.2, -0.15) is 0 Å². The Labute approximate surface area is 163 Å². The second-order valence-electron chi connectivity index (χ2n) is 6.84. The molecule has 0 bridgehead atoms. The van der Waals surface area contributed by atoms with Crippen LogP contribution in [0.3, 0.4) is 0 Å². The molecule has 5 rings (SSSR count). The van der Waals surface area contributed by atoms with E-state index >= 15 is 0 Å². The smallest absolute Gasteiger partial charge is 0.192 e. The van der Waals surface area contributed by atoms with Crippen molar-refractivity contribution in [1.29, 1.82) is 0 Å². The molecule has 0 unspecified atom stereocenters. The lowest BCUT2D eigenvalue weighted by Gasteiger charge is -2.16. The normalized spacial score (nSPS) is 11.2. The third-order valence-electron chi connectivity index (χ3n) is 4.97. The van der Waals surface area contributed by atoms with Gasteiger partial charge in [-0.05, 0) is 30.2 Å². The quantitative estimate of drug-likeness (QED) is 0.396. The maximum Gasteiger partial charge on any atom is 0.192 e. The highest BCUT2D eigenvalue weighted by Crippen LogP contribution is 2.34. The van der Waals surface area contributed by atoms with Gasteiger partial charge >= 0.3 is 0 Å². The summed E-state index contributed by atoms with van der Waals surface area (Å²) in [6.45, 7) is 4.00. The first-order valence-electron chi connectivity index (χ1n) is 9.27. The molecule has 0 aliphatic rings. The maximum atomic E-state index is 5.72. The molecule has 0 saturated heterocycles. The minimum Gasteiger partial charge on any atom is -0.441 e. The molecule has 2 aromatic heterocycles. The summed E-state index contributed by atoms with van der Waals surface area (Å²) in [5.41, 5.74) is 7.23. The highest BCUT2D eigenvalue weighted by molar-refractivity contribution is 5.89. The van der Waals surface area contributed by atoms with Gasteiger partial charge in [0, 0.05) is 30.4 Å². The predicted molar refractivity (Wildman–Crippen MR) is 111 cm³/mol. The third kappa shape index (κ3) is 2.62. The van der Waals surface area contributed by atoms with Crippen LogP contribution in [0.25, 0.3) is 39.3 Å². The highest BCUT2D eigenvalue weighted by Gasteiger charge is 2.18. The van der Waals surface area contributed by atoms with Crippen molar-refractivity contribution in [3.63, 3.8) is 0 Å². The van der Waals surface area contributed by atoms with Crippen molar-refractivity contribution < 1.29 is 4.42 Å². The fraction of sp³-hybridized carbons (Fsp3) is 0.0833. The Morgan fingerprint density at radius 2 is 1.61 bits per heavy atom. The number of para-hydroxylation sites is 2. The SMILES string of the molecule is Cc1nc2c(-c3nccn3-c3c(C)cccc3-c3ccccc3)cccc2o1. The summed E-state index contributed by atoms with van der Waals surface area (Å²) >= 11 is 0. The number of oxazole rings is 1. The molecular formula is C24H19N3O. The summed E-state index contributed by atoms with van der Waals surface area (Å²) in [4.78, 5) is 9.27. The van der Waals surface area contributed by atoms with Crippen LogP contribution in [0.15, 0.2) is 83.5 Å². The van der Waals surface area contributed by atoms with Crippen LogP contribution >= 0.6 is 0 Å². The lowest BCUT2D eigenvalue weighted by atomic mass is 10.00. The number of aryl methyl sites for hydroxylation is 2. The van der Waals surface area contributed by atoms with E-state index in [1.807, 2.05) is 43.6 Å². The molecule has 28 heavy (non-hydrogen) atoms. The maximum absolute atomic E-state index is 5.72. The summed E-state index contributed by atoms with van der Waals surface area (Å²) in [5, 5.41) is 0. The summed E-state index contributed by atoms with van der Waals surface area (Å²) < 4.78 is 7.87. The minimum atomic E-state index is 0.654. The molecule has 5 aromatic rings. The standard InChI is InChI=1S/C24H19N3O/c1-16-8-6-11-19(18-9-4-3-5-10-18)23(16)27-15-14-25-24(27)20-12-7-13-21-22(20)26-17(2)28-21/h3-15H,1-2H3. The Hall–Kier alpha value is -3.66. The third-order valence-corrected chi connectivity index (χ3v) is 4.97. The molecule has 0 atom stereocenters. The Morgan fingerprint density at radius 3 is 2.46 bits per heavy atom. The summed E-state index contributed by atoms with van der Waals surface area (Å²) in [6.07, 6.45) is 3.85. The Kier molecular flexibility index (Phi) is 3.83. The summed E-state index contributed by atoms with van der Waals surface area (Å²) in [5.74, 6) is 1.51. The average molecular weight is 365 g/mol. The largest absolute Gasteiger partial charge is 0.441 e. The minimum absolute atomic E-state index is 0.654. The van der Waals surface area contributed by atoms with Crippen molar-refractivity contribution in [2.75, 3.05) is 0 Å². The van der Waals surface area contributed by atoms with Crippen LogP contribution in [0.5, 0.6) is 0 Å². The zero-order valence-corrected chi connectivity index (χ0v) is 15.8. The van der Waals surface area contributed by atoms with E-state index in [0.29, 0.717) is 5.89 Å². The van der Waals surface area contributed by atoms with Crippen LogP contribution in [0, 0.1) is 13.8 Å². The number of benzene rings is 3. The Morgan fingerprint density at radius 1 is 0.821 bits per heavy atom. The van der Waals surface area contributed by atoms with Gasteiger partial charge < -0.3 is 4.42 Å². The Balaban J connectivity index is 1.77. The number of nitrogens with zero attached hydrogens (tertiary/aromatic N) is 3. The van der Waals surface area contributed by atoms with E-state index in [-0.39, 0.29) is 0 Å². The van der Waals surface area contributed by atoms with E-state index in [1.165, 1.54) is 16.7 Å². The fourth-order valence-electron chi connectivity index (χ4n) is 3.75. The molecule has 4 nitrogen and oxygen atoms in total. The van der Waals surface area contributed by atoms with E-state index in [1.54, 1.807) is 0 Å². The molecule has 136 valence electrons. The van der Waals surface area contributed by atoms with E-state index in [9.17, 15) is 0 Å². The first-order valence-corrected chi connectivity index (χ1v) is 9.27. The molecule has 0 N–H and O–H groups in total. The number of aromatic nitrogens is 3. The summed E-state index contributed by atoms with van der Waals surface area (Å²) in [6, 6.07) is 22.8. The van der Waals surface area contributed by atoms with Crippen LogP contribution in [-0.2, 0) is 0 Å². The van der Waals surface area contributed by atoms with Gasteiger partial charge in [0.15, 0.2) is 11.5 Å². The molecular weight excluding hydrogens is 346 g/mol. The second-order valence-corrected chi connectivity index (χ2v) is 6.84. The van der Waals surface area contributed by atoms with E-state index < -0.39 is 0 Å². The molecule has 0 radical (unpaired) electrons. The molecule has 4 heteroatoms.